The second-order valence-corrected chi connectivity index (χ2v) is 7.37. The van der Waals surface area contributed by atoms with Crippen LogP contribution in [0.4, 0.5) is 13.2 Å². The second kappa shape index (κ2) is 6.10. The Bertz CT molecular complexity index is 921. The van der Waals surface area contributed by atoms with E-state index in [1.165, 1.54) is 0 Å². The molecule has 0 amide bonds. The van der Waals surface area contributed by atoms with E-state index < -0.39 is 38.7 Å². The number of sulfone groups is 1. The van der Waals surface area contributed by atoms with Crippen LogP contribution in [0.2, 0.25) is 5.02 Å². The maximum atomic E-state index is 12.8. The van der Waals surface area contributed by atoms with Crippen molar-refractivity contribution in [3.8, 4) is 5.75 Å². The van der Waals surface area contributed by atoms with Gasteiger partial charge in [-0.2, -0.15) is 13.2 Å². The van der Waals surface area contributed by atoms with E-state index in [9.17, 15) is 31.5 Å². The van der Waals surface area contributed by atoms with Gasteiger partial charge in [-0.3, -0.25) is 4.79 Å². The highest BCUT2D eigenvalue weighted by Gasteiger charge is 2.35. The third-order valence-electron chi connectivity index (χ3n) is 3.20. The molecule has 0 aliphatic rings. The summed E-state index contributed by atoms with van der Waals surface area (Å²) in [6.07, 6.45) is -3.89. The van der Waals surface area contributed by atoms with Gasteiger partial charge < -0.3 is 5.11 Å². The highest BCUT2D eigenvalue weighted by atomic mass is 35.5. The molecule has 0 heterocycles. The van der Waals surface area contributed by atoms with Crippen molar-refractivity contribution in [2.75, 3.05) is 6.26 Å². The standard InChI is InChI=1S/C15H10ClF3O4S/c1-24(22,23)8-5-6-9(12(16)7-8)13(20)10-3-2-4-11(14(10)21)15(17,18)19/h2-7,21H,1H3. The number of carbonyl (C=O) groups excluding carboxylic acids is 1. The molecule has 24 heavy (non-hydrogen) atoms. The van der Waals surface area contributed by atoms with Gasteiger partial charge in [0.1, 0.15) is 5.75 Å². The molecule has 0 atom stereocenters. The van der Waals surface area contributed by atoms with Gasteiger partial charge in [0.2, 0.25) is 0 Å². The van der Waals surface area contributed by atoms with Crippen LogP contribution in [-0.2, 0) is 16.0 Å². The molecule has 0 bridgehead atoms. The summed E-state index contributed by atoms with van der Waals surface area (Å²) in [6.45, 7) is 0. The molecule has 0 radical (unpaired) electrons. The summed E-state index contributed by atoms with van der Waals surface area (Å²) in [5, 5.41) is 9.50. The molecule has 0 aromatic heterocycles. The van der Waals surface area contributed by atoms with Crippen LogP contribution in [0, 0.1) is 0 Å². The van der Waals surface area contributed by atoms with Crippen molar-refractivity contribution in [1.82, 2.24) is 0 Å². The van der Waals surface area contributed by atoms with E-state index in [2.05, 4.69) is 0 Å². The minimum absolute atomic E-state index is 0.141. The highest BCUT2D eigenvalue weighted by Crippen LogP contribution is 2.38. The van der Waals surface area contributed by atoms with Gasteiger partial charge in [-0.05, 0) is 30.3 Å². The van der Waals surface area contributed by atoms with Crippen LogP contribution in [0.25, 0.3) is 0 Å². The number of rotatable bonds is 3. The van der Waals surface area contributed by atoms with Gasteiger partial charge >= 0.3 is 6.18 Å². The van der Waals surface area contributed by atoms with Crippen molar-refractivity contribution in [2.24, 2.45) is 0 Å². The Kier molecular flexibility index (Phi) is 4.65. The van der Waals surface area contributed by atoms with Gasteiger partial charge in [-0.15, -0.1) is 0 Å². The zero-order valence-electron chi connectivity index (χ0n) is 12.1. The molecule has 0 saturated heterocycles. The van der Waals surface area contributed by atoms with Crippen LogP contribution in [0.15, 0.2) is 41.3 Å². The van der Waals surface area contributed by atoms with Crippen molar-refractivity contribution in [3.05, 3.63) is 58.1 Å². The number of hydrogen-bond acceptors (Lipinski definition) is 4. The summed E-state index contributed by atoms with van der Waals surface area (Å²) in [4.78, 5) is 12.2. The van der Waals surface area contributed by atoms with Crippen LogP contribution in [0.5, 0.6) is 5.75 Å². The molecule has 0 aliphatic carbocycles. The van der Waals surface area contributed by atoms with Crippen LogP contribution >= 0.6 is 11.6 Å². The van der Waals surface area contributed by atoms with Crippen LogP contribution < -0.4 is 0 Å². The number of ketones is 1. The summed E-state index contributed by atoms with van der Waals surface area (Å²) in [5.74, 6) is -2.16. The van der Waals surface area contributed by atoms with Crippen LogP contribution in [0.1, 0.15) is 21.5 Å². The fourth-order valence-electron chi connectivity index (χ4n) is 2.01. The first-order valence-electron chi connectivity index (χ1n) is 6.36. The van der Waals surface area contributed by atoms with E-state index in [1.807, 2.05) is 0 Å². The van der Waals surface area contributed by atoms with E-state index in [4.69, 9.17) is 11.6 Å². The smallest absolute Gasteiger partial charge is 0.419 e. The van der Waals surface area contributed by atoms with E-state index in [0.29, 0.717) is 6.07 Å². The quantitative estimate of drug-likeness (QED) is 0.827. The lowest BCUT2D eigenvalue weighted by molar-refractivity contribution is -0.138. The Hall–Kier alpha value is -2.06. The topological polar surface area (TPSA) is 71.4 Å². The zero-order valence-corrected chi connectivity index (χ0v) is 13.6. The van der Waals surface area contributed by atoms with Gasteiger partial charge in [0, 0.05) is 11.8 Å². The number of halogens is 4. The lowest BCUT2D eigenvalue weighted by Crippen LogP contribution is -2.10. The number of aromatic hydroxyl groups is 1. The zero-order chi connectivity index (χ0) is 18.3. The average Bonchev–Trinajstić information content (AvgIpc) is 2.44. The number of alkyl halides is 3. The van der Waals surface area contributed by atoms with Crippen molar-refractivity contribution in [1.29, 1.82) is 0 Å². The van der Waals surface area contributed by atoms with Gasteiger partial charge in [0.15, 0.2) is 15.6 Å². The molecule has 0 saturated carbocycles. The number of benzene rings is 2. The van der Waals surface area contributed by atoms with E-state index in [0.717, 1.165) is 36.6 Å². The van der Waals surface area contributed by atoms with Crippen molar-refractivity contribution in [2.45, 2.75) is 11.1 Å². The number of phenols is 1. The molecular formula is C15H10ClF3O4S. The summed E-state index contributed by atoms with van der Waals surface area (Å²) >= 11 is 5.87. The fraction of sp³-hybridized carbons (Fsp3) is 0.133. The first kappa shape index (κ1) is 18.3. The molecule has 128 valence electrons. The highest BCUT2D eigenvalue weighted by molar-refractivity contribution is 7.90. The monoisotopic (exact) mass is 378 g/mol. The van der Waals surface area contributed by atoms with Crippen molar-refractivity contribution >= 4 is 27.2 Å². The summed E-state index contributed by atoms with van der Waals surface area (Å²) in [7, 11) is -3.56. The van der Waals surface area contributed by atoms with Gasteiger partial charge in [0.25, 0.3) is 0 Å². The summed E-state index contributed by atoms with van der Waals surface area (Å²) in [5.41, 5.74) is -2.16. The molecular weight excluding hydrogens is 369 g/mol. The predicted octanol–water partition coefficient (Wildman–Crippen LogP) is 3.70. The number of hydrogen-bond donors (Lipinski definition) is 1. The third kappa shape index (κ3) is 3.54. The first-order chi connectivity index (χ1) is 10.9. The molecule has 9 heteroatoms. The third-order valence-corrected chi connectivity index (χ3v) is 4.62. The van der Waals surface area contributed by atoms with Gasteiger partial charge in [0.05, 0.1) is 21.0 Å². The first-order valence-corrected chi connectivity index (χ1v) is 8.63. The molecule has 0 aliphatic heterocycles. The Morgan fingerprint density at radius 3 is 2.25 bits per heavy atom. The molecule has 0 fully saturated rings. The Morgan fingerprint density at radius 1 is 1.12 bits per heavy atom. The molecule has 0 unspecified atom stereocenters. The van der Waals surface area contributed by atoms with E-state index in [1.54, 1.807) is 0 Å². The number of para-hydroxylation sites is 1. The number of carbonyl (C=O) groups is 1. The Labute approximate surface area is 140 Å². The fourth-order valence-corrected chi connectivity index (χ4v) is 2.99. The van der Waals surface area contributed by atoms with Gasteiger partial charge in [-0.25, -0.2) is 8.42 Å². The van der Waals surface area contributed by atoms with Crippen molar-refractivity contribution < 1.29 is 31.5 Å². The molecule has 1 N–H and O–H groups in total. The summed E-state index contributed by atoms with van der Waals surface area (Å²) in [6, 6.07) is 5.86. The lowest BCUT2D eigenvalue weighted by atomic mass is 9.99. The van der Waals surface area contributed by atoms with E-state index >= 15 is 0 Å². The number of phenolic OH excluding ortho intramolecular Hbond substituents is 1. The van der Waals surface area contributed by atoms with Crippen LogP contribution in [-0.4, -0.2) is 25.6 Å². The molecule has 0 spiro atoms. The molecule has 2 aromatic carbocycles. The SMILES string of the molecule is CS(=O)(=O)c1ccc(C(=O)c2cccc(C(F)(F)F)c2O)c(Cl)c1. The van der Waals surface area contributed by atoms with E-state index in [-0.39, 0.29) is 15.5 Å². The molecule has 2 aromatic rings. The van der Waals surface area contributed by atoms with Crippen LogP contribution in [0.3, 0.4) is 0 Å². The van der Waals surface area contributed by atoms with Gasteiger partial charge in [-0.1, -0.05) is 17.7 Å². The largest absolute Gasteiger partial charge is 0.507 e. The lowest BCUT2D eigenvalue weighted by Gasteiger charge is -2.12. The van der Waals surface area contributed by atoms with Crippen molar-refractivity contribution in [3.63, 3.8) is 0 Å². The Balaban J connectivity index is 2.55. The minimum atomic E-state index is -4.83. The summed E-state index contributed by atoms with van der Waals surface area (Å²) < 4.78 is 61.3. The normalized spacial score (nSPS) is 12.2. The molecule has 2 rings (SSSR count). The average molecular weight is 379 g/mol. The molecule has 4 nitrogen and oxygen atoms in total. The minimum Gasteiger partial charge on any atom is -0.507 e. The maximum absolute atomic E-state index is 12.8. The maximum Gasteiger partial charge on any atom is 0.419 e. The Morgan fingerprint density at radius 2 is 1.75 bits per heavy atom. The predicted molar refractivity (Wildman–Crippen MR) is 81.1 cm³/mol. The second-order valence-electron chi connectivity index (χ2n) is 4.94.